The van der Waals surface area contributed by atoms with E-state index in [4.69, 9.17) is 16.3 Å². The SMILES string of the molecule is N#CCc1c(C(F)F)cnc(CN)c1C#N. The zero-order valence-electron chi connectivity index (χ0n) is 8.24. The number of aromatic nitrogens is 1. The van der Waals surface area contributed by atoms with Gasteiger partial charge in [-0.15, -0.1) is 0 Å². The van der Waals surface area contributed by atoms with Gasteiger partial charge in [0.15, 0.2) is 0 Å². The first-order valence-corrected chi connectivity index (χ1v) is 4.41. The van der Waals surface area contributed by atoms with Crippen LogP contribution in [0.3, 0.4) is 0 Å². The van der Waals surface area contributed by atoms with Crippen LogP contribution in [0.4, 0.5) is 8.78 Å². The van der Waals surface area contributed by atoms with Crippen molar-refractivity contribution in [2.75, 3.05) is 0 Å². The van der Waals surface area contributed by atoms with Crippen molar-refractivity contribution in [1.82, 2.24) is 4.98 Å². The number of alkyl halides is 2. The summed E-state index contributed by atoms with van der Waals surface area (Å²) in [5, 5.41) is 17.4. The van der Waals surface area contributed by atoms with Gasteiger partial charge in [-0.25, -0.2) is 8.78 Å². The minimum Gasteiger partial charge on any atom is -0.325 e. The Hall–Kier alpha value is -2.05. The Balaban J connectivity index is 3.46. The Kier molecular flexibility index (Phi) is 3.87. The molecule has 0 radical (unpaired) electrons. The second-order valence-corrected chi connectivity index (χ2v) is 2.97. The number of hydrogen-bond acceptors (Lipinski definition) is 4. The standard InChI is InChI=1S/C10H8F2N4/c11-10(12)8-5-16-9(4-15)7(3-14)6(8)1-2-13/h5,10H,1,4,15H2. The lowest BCUT2D eigenvalue weighted by Gasteiger charge is -2.10. The second-order valence-electron chi connectivity index (χ2n) is 2.97. The molecule has 0 aliphatic rings. The average Bonchev–Trinajstić information content (AvgIpc) is 2.28. The van der Waals surface area contributed by atoms with Gasteiger partial charge in [0.25, 0.3) is 6.43 Å². The molecule has 1 aromatic heterocycles. The fraction of sp³-hybridized carbons (Fsp3) is 0.300. The first-order valence-electron chi connectivity index (χ1n) is 4.41. The quantitative estimate of drug-likeness (QED) is 0.837. The number of rotatable bonds is 3. The first-order chi connectivity index (χ1) is 7.65. The van der Waals surface area contributed by atoms with Crippen LogP contribution < -0.4 is 5.73 Å². The molecule has 6 heteroatoms. The minimum atomic E-state index is -2.75. The van der Waals surface area contributed by atoms with Gasteiger partial charge in [0.05, 0.1) is 23.7 Å². The summed E-state index contributed by atoms with van der Waals surface area (Å²) in [6.45, 7) is -0.0230. The maximum absolute atomic E-state index is 12.6. The Morgan fingerprint density at radius 2 is 2.12 bits per heavy atom. The average molecular weight is 222 g/mol. The molecule has 1 aromatic rings. The zero-order valence-corrected chi connectivity index (χ0v) is 8.24. The van der Waals surface area contributed by atoms with Crippen molar-refractivity contribution in [2.24, 2.45) is 5.73 Å². The molecule has 0 aromatic carbocycles. The molecule has 0 atom stereocenters. The van der Waals surface area contributed by atoms with Gasteiger partial charge in [-0.3, -0.25) is 4.98 Å². The van der Waals surface area contributed by atoms with E-state index in [1.807, 2.05) is 0 Å². The molecule has 1 rings (SSSR count). The lowest BCUT2D eigenvalue weighted by molar-refractivity contribution is 0.150. The van der Waals surface area contributed by atoms with Crippen molar-refractivity contribution in [3.8, 4) is 12.1 Å². The highest BCUT2D eigenvalue weighted by molar-refractivity contribution is 5.46. The molecule has 2 N–H and O–H groups in total. The number of nitrogens with two attached hydrogens (primary N) is 1. The summed E-state index contributed by atoms with van der Waals surface area (Å²) in [6, 6.07) is 3.52. The van der Waals surface area contributed by atoms with E-state index in [2.05, 4.69) is 4.98 Å². The monoisotopic (exact) mass is 222 g/mol. The van der Waals surface area contributed by atoms with E-state index >= 15 is 0 Å². The predicted molar refractivity (Wildman–Crippen MR) is 51.1 cm³/mol. The van der Waals surface area contributed by atoms with E-state index < -0.39 is 6.43 Å². The van der Waals surface area contributed by atoms with Crippen LogP contribution >= 0.6 is 0 Å². The topological polar surface area (TPSA) is 86.5 Å². The molecule has 0 saturated carbocycles. The molecular formula is C10H8F2N4. The summed E-state index contributed by atoms with van der Waals surface area (Å²) in [4.78, 5) is 3.70. The van der Waals surface area contributed by atoms with Crippen LogP contribution in [0, 0.1) is 22.7 Å². The fourth-order valence-corrected chi connectivity index (χ4v) is 1.35. The first kappa shape index (κ1) is 12.0. The fourth-order valence-electron chi connectivity index (χ4n) is 1.35. The van der Waals surface area contributed by atoms with Gasteiger partial charge in [-0.05, 0) is 5.56 Å². The molecule has 0 aliphatic carbocycles. The summed E-state index contributed by atoms with van der Waals surface area (Å²) in [7, 11) is 0. The van der Waals surface area contributed by atoms with E-state index in [1.54, 1.807) is 12.1 Å². The van der Waals surface area contributed by atoms with E-state index in [-0.39, 0.29) is 35.3 Å². The number of nitrogens with zero attached hydrogens (tertiary/aromatic N) is 3. The maximum Gasteiger partial charge on any atom is 0.265 e. The lowest BCUT2D eigenvalue weighted by Crippen LogP contribution is -2.08. The van der Waals surface area contributed by atoms with E-state index in [9.17, 15) is 8.78 Å². The van der Waals surface area contributed by atoms with Crippen molar-refractivity contribution >= 4 is 0 Å². The van der Waals surface area contributed by atoms with Crippen LogP contribution in [0.2, 0.25) is 0 Å². The molecule has 0 saturated heterocycles. The molecular weight excluding hydrogens is 214 g/mol. The lowest BCUT2D eigenvalue weighted by atomic mass is 9.99. The number of hydrogen-bond donors (Lipinski definition) is 1. The third-order valence-corrected chi connectivity index (χ3v) is 2.09. The van der Waals surface area contributed by atoms with Crippen LogP contribution in [-0.2, 0) is 13.0 Å². The van der Waals surface area contributed by atoms with Crippen LogP contribution in [0.25, 0.3) is 0 Å². The minimum absolute atomic E-state index is 0.0122. The van der Waals surface area contributed by atoms with Crippen LogP contribution in [-0.4, -0.2) is 4.98 Å². The highest BCUT2D eigenvalue weighted by Gasteiger charge is 2.19. The smallest absolute Gasteiger partial charge is 0.265 e. The Morgan fingerprint density at radius 3 is 2.56 bits per heavy atom. The Morgan fingerprint density at radius 1 is 1.44 bits per heavy atom. The summed E-state index contributed by atoms with van der Waals surface area (Å²) in [6.07, 6.45) is -2.03. The summed E-state index contributed by atoms with van der Waals surface area (Å²) < 4.78 is 25.2. The van der Waals surface area contributed by atoms with Gasteiger partial charge in [0, 0.05) is 18.3 Å². The van der Waals surface area contributed by atoms with Crippen LogP contribution in [0.5, 0.6) is 0 Å². The predicted octanol–water partition coefficient (Wildman–Crippen LogP) is 1.42. The highest BCUT2D eigenvalue weighted by atomic mass is 19.3. The molecule has 16 heavy (non-hydrogen) atoms. The van der Waals surface area contributed by atoms with Crippen molar-refractivity contribution in [2.45, 2.75) is 19.4 Å². The summed E-state index contributed by atoms with van der Waals surface area (Å²) in [5.74, 6) is 0. The summed E-state index contributed by atoms with van der Waals surface area (Å²) in [5.41, 5.74) is 5.20. The zero-order chi connectivity index (χ0) is 12.1. The van der Waals surface area contributed by atoms with Crippen molar-refractivity contribution in [3.05, 3.63) is 28.6 Å². The highest BCUT2D eigenvalue weighted by Crippen LogP contribution is 2.26. The normalized spacial score (nSPS) is 9.88. The van der Waals surface area contributed by atoms with E-state index in [0.29, 0.717) is 0 Å². The molecule has 0 fully saturated rings. The van der Waals surface area contributed by atoms with E-state index in [0.717, 1.165) is 6.20 Å². The third-order valence-electron chi connectivity index (χ3n) is 2.09. The molecule has 0 amide bonds. The Bertz CT molecular complexity index is 471. The van der Waals surface area contributed by atoms with Gasteiger partial charge in [-0.1, -0.05) is 0 Å². The molecule has 4 nitrogen and oxygen atoms in total. The maximum atomic E-state index is 12.6. The van der Waals surface area contributed by atoms with Crippen LogP contribution in [0.1, 0.15) is 28.8 Å². The van der Waals surface area contributed by atoms with Gasteiger partial charge in [0.1, 0.15) is 6.07 Å². The Labute approximate surface area is 90.9 Å². The molecule has 0 unspecified atom stereocenters. The number of halogens is 2. The van der Waals surface area contributed by atoms with Gasteiger partial charge >= 0.3 is 0 Å². The number of nitriles is 2. The molecule has 1 heterocycles. The van der Waals surface area contributed by atoms with Gasteiger partial charge in [0.2, 0.25) is 0 Å². The van der Waals surface area contributed by atoms with E-state index in [1.165, 1.54) is 0 Å². The van der Waals surface area contributed by atoms with Crippen LogP contribution in [0.15, 0.2) is 6.20 Å². The molecule has 0 spiro atoms. The molecule has 82 valence electrons. The third kappa shape index (κ3) is 2.13. The van der Waals surface area contributed by atoms with Crippen molar-refractivity contribution in [3.63, 3.8) is 0 Å². The molecule has 0 bridgehead atoms. The summed E-state index contributed by atoms with van der Waals surface area (Å²) >= 11 is 0. The number of pyridine rings is 1. The van der Waals surface area contributed by atoms with Gasteiger partial charge < -0.3 is 5.73 Å². The molecule has 0 aliphatic heterocycles. The van der Waals surface area contributed by atoms with Gasteiger partial charge in [-0.2, -0.15) is 10.5 Å². The second kappa shape index (κ2) is 5.15. The van der Waals surface area contributed by atoms with Crippen molar-refractivity contribution < 1.29 is 8.78 Å². The van der Waals surface area contributed by atoms with Crippen molar-refractivity contribution in [1.29, 1.82) is 10.5 Å². The largest absolute Gasteiger partial charge is 0.325 e.